The van der Waals surface area contributed by atoms with Crippen molar-refractivity contribution in [2.75, 3.05) is 7.11 Å². The van der Waals surface area contributed by atoms with Gasteiger partial charge in [-0.05, 0) is 26.0 Å². The van der Waals surface area contributed by atoms with E-state index < -0.39 is 0 Å². The molecule has 0 fully saturated rings. The normalized spacial score (nSPS) is 12.0. The second kappa shape index (κ2) is 7.35. The highest BCUT2D eigenvalue weighted by Gasteiger charge is 2.16. The van der Waals surface area contributed by atoms with Crippen LogP contribution in [0.3, 0.4) is 0 Å². The molecule has 0 radical (unpaired) electrons. The Kier molecular flexibility index (Phi) is 5.49. The highest BCUT2D eigenvalue weighted by atomic mass is 32.2. The van der Waals surface area contributed by atoms with Crippen molar-refractivity contribution >= 4 is 17.7 Å². The Labute approximate surface area is 134 Å². The minimum atomic E-state index is -0.210. The number of thioether (sulfide) groups is 1. The number of rotatable bonds is 5. The molecule has 0 amide bonds. The van der Waals surface area contributed by atoms with Crippen molar-refractivity contribution in [3.63, 3.8) is 0 Å². The monoisotopic (exact) mass is 317 g/mol. The maximum absolute atomic E-state index is 11.4. The van der Waals surface area contributed by atoms with Gasteiger partial charge < -0.3 is 4.74 Å². The van der Waals surface area contributed by atoms with Gasteiger partial charge in [0.05, 0.1) is 13.5 Å². The molecule has 0 spiro atoms. The number of pyridine rings is 1. The molecule has 1 atom stereocenters. The molecule has 6 heteroatoms. The summed E-state index contributed by atoms with van der Waals surface area (Å²) < 4.78 is 4.71. The first-order valence-corrected chi connectivity index (χ1v) is 7.88. The molecule has 1 unspecified atom stereocenters. The minimum Gasteiger partial charge on any atom is -0.469 e. The summed E-state index contributed by atoms with van der Waals surface area (Å²) in [6.45, 7) is 5.96. The molecule has 116 valence electrons. The van der Waals surface area contributed by atoms with E-state index in [1.54, 1.807) is 24.2 Å². The van der Waals surface area contributed by atoms with E-state index in [4.69, 9.17) is 4.74 Å². The topological polar surface area (TPSA) is 65.0 Å². The van der Waals surface area contributed by atoms with Crippen LogP contribution in [0.25, 0.3) is 11.4 Å². The van der Waals surface area contributed by atoms with Gasteiger partial charge in [0.2, 0.25) is 0 Å². The maximum Gasteiger partial charge on any atom is 0.306 e. The Balaban J connectivity index is 2.27. The molecule has 0 N–H and O–H groups in total. The maximum atomic E-state index is 11.4. The number of carbonyl (C=O) groups is 1. The Bertz CT molecular complexity index is 662. The molecule has 2 rings (SSSR count). The third-order valence-electron chi connectivity index (χ3n) is 3.28. The lowest BCUT2D eigenvalue weighted by atomic mass is 10.2. The van der Waals surface area contributed by atoms with Crippen LogP contribution in [0.2, 0.25) is 0 Å². The Morgan fingerprint density at radius 1 is 1.27 bits per heavy atom. The van der Waals surface area contributed by atoms with Gasteiger partial charge in [0.1, 0.15) is 5.03 Å². The van der Waals surface area contributed by atoms with Gasteiger partial charge in [-0.25, -0.2) is 9.97 Å². The first-order chi connectivity index (χ1) is 10.5. The van der Waals surface area contributed by atoms with Gasteiger partial charge >= 0.3 is 5.97 Å². The quantitative estimate of drug-likeness (QED) is 0.479. The number of hydrogen-bond donors (Lipinski definition) is 0. The fourth-order valence-electron chi connectivity index (χ4n) is 1.90. The minimum absolute atomic E-state index is 0.0886. The lowest BCUT2D eigenvalue weighted by molar-refractivity contribution is -0.140. The van der Waals surface area contributed by atoms with Crippen LogP contribution in [-0.2, 0) is 9.53 Å². The summed E-state index contributed by atoms with van der Waals surface area (Å²) in [6, 6.07) is 3.77. The van der Waals surface area contributed by atoms with Gasteiger partial charge in [-0.1, -0.05) is 6.92 Å². The van der Waals surface area contributed by atoms with E-state index >= 15 is 0 Å². The summed E-state index contributed by atoms with van der Waals surface area (Å²) >= 11 is 1.57. The number of carbonyl (C=O) groups excluding carboxylic acids is 1. The fraction of sp³-hybridized carbons (Fsp3) is 0.375. The predicted octanol–water partition coefficient (Wildman–Crippen LogP) is 3.20. The summed E-state index contributed by atoms with van der Waals surface area (Å²) in [7, 11) is 1.40. The summed E-state index contributed by atoms with van der Waals surface area (Å²) in [5.41, 5.74) is 2.91. The molecule has 2 aromatic rings. The van der Waals surface area contributed by atoms with Crippen LogP contribution in [0.1, 0.15) is 24.6 Å². The van der Waals surface area contributed by atoms with E-state index in [0.717, 1.165) is 21.8 Å². The first kappa shape index (κ1) is 16.4. The summed E-state index contributed by atoms with van der Waals surface area (Å²) in [5.74, 6) is 0.469. The Morgan fingerprint density at radius 2 is 1.95 bits per heavy atom. The second-order valence-corrected chi connectivity index (χ2v) is 6.43. The third kappa shape index (κ3) is 4.04. The van der Waals surface area contributed by atoms with Crippen molar-refractivity contribution in [2.45, 2.75) is 37.5 Å². The second-order valence-electron chi connectivity index (χ2n) is 5.01. The van der Waals surface area contributed by atoms with Crippen molar-refractivity contribution in [1.29, 1.82) is 0 Å². The van der Waals surface area contributed by atoms with E-state index in [0.29, 0.717) is 12.2 Å². The number of methoxy groups -OCH3 is 1. The van der Waals surface area contributed by atoms with Crippen molar-refractivity contribution in [3.05, 3.63) is 35.8 Å². The van der Waals surface area contributed by atoms with Gasteiger partial charge in [0, 0.05) is 34.5 Å². The first-order valence-electron chi connectivity index (χ1n) is 7.00. The van der Waals surface area contributed by atoms with Crippen LogP contribution in [0.4, 0.5) is 0 Å². The molecule has 2 aromatic heterocycles. The average Bonchev–Trinajstić information content (AvgIpc) is 2.52. The van der Waals surface area contributed by atoms with Crippen LogP contribution in [0.5, 0.6) is 0 Å². The van der Waals surface area contributed by atoms with Crippen LogP contribution >= 0.6 is 11.8 Å². The van der Waals surface area contributed by atoms with Crippen molar-refractivity contribution in [3.8, 4) is 11.4 Å². The zero-order chi connectivity index (χ0) is 16.1. The molecular weight excluding hydrogens is 298 g/mol. The van der Waals surface area contributed by atoms with Crippen molar-refractivity contribution in [1.82, 2.24) is 15.0 Å². The summed E-state index contributed by atoms with van der Waals surface area (Å²) in [4.78, 5) is 24.6. The fourth-order valence-corrected chi connectivity index (χ4v) is 2.96. The Hall–Kier alpha value is -1.95. The molecule has 0 aromatic carbocycles. The predicted molar refractivity (Wildman–Crippen MR) is 86.7 cm³/mol. The van der Waals surface area contributed by atoms with Gasteiger partial charge in [-0.2, -0.15) is 0 Å². The van der Waals surface area contributed by atoms with Gasteiger partial charge in [0.15, 0.2) is 5.82 Å². The summed E-state index contributed by atoms with van der Waals surface area (Å²) in [5, 5.41) is 0.987. The number of ether oxygens (including phenoxy) is 1. The van der Waals surface area contributed by atoms with E-state index in [1.807, 2.05) is 32.9 Å². The smallest absolute Gasteiger partial charge is 0.306 e. The summed E-state index contributed by atoms with van der Waals surface area (Å²) in [6.07, 6.45) is 3.80. The van der Waals surface area contributed by atoms with Crippen LogP contribution in [0, 0.1) is 13.8 Å². The van der Waals surface area contributed by atoms with Crippen LogP contribution in [-0.4, -0.2) is 33.3 Å². The highest BCUT2D eigenvalue weighted by molar-refractivity contribution is 7.99. The molecule has 0 saturated heterocycles. The third-order valence-corrected chi connectivity index (χ3v) is 4.47. The Morgan fingerprint density at radius 3 is 2.59 bits per heavy atom. The van der Waals surface area contributed by atoms with E-state index in [9.17, 15) is 4.79 Å². The molecule has 0 aliphatic heterocycles. The van der Waals surface area contributed by atoms with E-state index in [1.165, 1.54) is 7.11 Å². The largest absolute Gasteiger partial charge is 0.469 e. The molecule has 0 aliphatic carbocycles. The van der Waals surface area contributed by atoms with Crippen LogP contribution in [0.15, 0.2) is 29.6 Å². The van der Waals surface area contributed by atoms with Gasteiger partial charge in [-0.15, -0.1) is 11.8 Å². The highest BCUT2D eigenvalue weighted by Crippen LogP contribution is 2.29. The number of nitrogens with zero attached hydrogens (tertiary/aromatic N) is 3. The molecule has 5 nitrogen and oxygen atoms in total. The van der Waals surface area contributed by atoms with Gasteiger partial charge in [-0.3, -0.25) is 9.78 Å². The molecule has 0 bridgehead atoms. The number of aryl methyl sites for hydroxylation is 1. The number of aromatic nitrogens is 3. The van der Waals surface area contributed by atoms with Crippen molar-refractivity contribution in [2.24, 2.45) is 0 Å². The zero-order valence-corrected chi connectivity index (χ0v) is 14.0. The van der Waals surface area contributed by atoms with Crippen molar-refractivity contribution < 1.29 is 9.53 Å². The number of esters is 1. The standard InChI is InChI=1S/C16H19N3O2S/c1-10(9-14(20)21-4)22-16-11(2)12(3)18-15(19-16)13-5-7-17-8-6-13/h5-8,10H,9H2,1-4H3. The SMILES string of the molecule is COC(=O)CC(C)Sc1nc(-c2ccncc2)nc(C)c1C. The molecule has 0 saturated carbocycles. The molecule has 2 heterocycles. The lowest BCUT2D eigenvalue weighted by Crippen LogP contribution is -2.09. The van der Waals surface area contributed by atoms with E-state index in [-0.39, 0.29) is 11.2 Å². The molecule has 0 aliphatic rings. The van der Waals surface area contributed by atoms with Crippen LogP contribution < -0.4 is 0 Å². The van der Waals surface area contributed by atoms with Gasteiger partial charge in [0.25, 0.3) is 0 Å². The van der Waals surface area contributed by atoms with E-state index in [2.05, 4.69) is 15.0 Å². The molecular formula is C16H19N3O2S. The lowest BCUT2D eigenvalue weighted by Gasteiger charge is -2.13. The zero-order valence-electron chi connectivity index (χ0n) is 13.2. The molecule has 22 heavy (non-hydrogen) atoms. The average molecular weight is 317 g/mol. The number of hydrogen-bond acceptors (Lipinski definition) is 6.